The van der Waals surface area contributed by atoms with Crippen molar-refractivity contribution in [2.75, 3.05) is 0 Å². The summed E-state index contributed by atoms with van der Waals surface area (Å²) in [4.78, 5) is 4.51. The predicted octanol–water partition coefficient (Wildman–Crippen LogP) is 4.62. The zero-order valence-electron chi connectivity index (χ0n) is 18.5. The SMILES string of the molecule is Cc1cc(C)c(-[n+]2cccnc2C)c(C)c1-c1c2ccccc2n(C(C)C)[n+]1C. The van der Waals surface area contributed by atoms with Crippen LogP contribution in [0, 0.1) is 27.7 Å². The van der Waals surface area contributed by atoms with E-state index in [4.69, 9.17) is 0 Å². The summed E-state index contributed by atoms with van der Waals surface area (Å²) >= 11 is 0. The molecule has 0 saturated carbocycles. The topological polar surface area (TPSA) is 25.6 Å². The molecule has 0 unspecified atom stereocenters. The number of benzene rings is 2. The van der Waals surface area contributed by atoms with Crippen LogP contribution in [-0.2, 0) is 7.05 Å². The Morgan fingerprint density at radius 1 is 0.966 bits per heavy atom. The summed E-state index contributed by atoms with van der Waals surface area (Å²) < 4.78 is 6.91. The molecule has 0 saturated heterocycles. The molecule has 0 amide bonds. The summed E-state index contributed by atoms with van der Waals surface area (Å²) in [6, 6.07) is 13.4. The predicted molar refractivity (Wildman–Crippen MR) is 117 cm³/mol. The van der Waals surface area contributed by atoms with Gasteiger partial charge < -0.3 is 0 Å². The van der Waals surface area contributed by atoms with Gasteiger partial charge in [-0.05, 0) is 57.9 Å². The van der Waals surface area contributed by atoms with E-state index < -0.39 is 0 Å². The molecule has 0 radical (unpaired) electrons. The third kappa shape index (κ3) is 2.94. The minimum atomic E-state index is 0.374. The molecule has 4 rings (SSSR count). The number of nitrogens with zero attached hydrogens (tertiary/aromatic N) is 4. The lowest BCUT2D eigenvalue weighted by atomic mass is 9.93. The van der Waals surface area contributed by atoms with E-state index in [0.717, 1.165) is 5.82 Å². The van der Waals surface area contributed by atoms with E-state index in [1.165, 1.54) is 44.5 Å². The second-order valence-corrected chi connectivity index (χ2v) is 8.22. The van der Waals surface area contributed by atoms with Crippen molar-refractivity contribution in [1.82, 2.24) is 9.67 Å². The van der Waals surface area contributed by atoms with Crippen molar-refractivity contribution in [1.29, 1.82) is 0 Å². The molecule has 0 N–H and O–H groups in total. The summed E-state index contributed by atoms with van der Waals surface area (Å²) in [5.41, 5.74) is 8.91. The van der Waals surface area contributed by atoms with Crippen LogP contribution in [0.3, 0.4) is 0 Å². The Kier molecular flexibility index (Phi) is 4.73. The van der Waals surface area contributed by atoms with E-state index in [-0.39, 0.29) is 0 Å². The molecule has 0 aliphatic carbocycles. The van der Waals surface area contributed by atoms with Crippen LogP contribution in [0.2, 0.25) is 0 Å². The van der Waals surface area contributed by atoms with E-state index in [1.54, 1.807) is 0 Å². The molecule has 0 spiro atoms. The van der Waals surface area contributed by atoms with Crippen molar-refractivity contribution < 1.29 is 9.25 Å². The molecule has 2 aromatic heterocycles. The maximum absolute atomic E-state index is 4.51. The molecule has 2 aromatic carbocycles. The molecule has 4 heteroatoms. The Hall–Kier alpha value is -3.01. The van der Waals surface area contributed by atoms with Gasteiger partial charge in [-0.1, -0.05) is 23.2 Å². The smallest absolute Gasteiger partial charge is 0.200 e. The molecule has 0 bridgehead atoms. The fourth-order valence-corrected chi connectivity index (χ4v) is 4.83. The van der Waals surface area contributed by atoms with Crippen LogP contribution in [0.1, 0.15) is 42.4 Å². The zero-order valence-corrected chi connectivity index (χ0v) is 18.5. The maximum Gasteiger partial charge on any atom is 0.300 e. The molecule has 0 aliphatic heterocycles. The lowest BCUT2D eigenvalue weighted by molar-refractivity contribution is -0.743. The van der Waals surface area contributed by atoms with E-state index in [1.807, 2.05) is 12.3 Å². The van der Waals surface area contributed by atoms with Crippen molar-refractivity contribution >= 4 is 10.9 Å². The molecule has 4 nitrogen and oxygen atoms in total. The number of hydrogen-bond donors (Lipinski definition) is 0. The quantitative estimate of drug-likeness (QED) is 0.472. The third-order valence-corrected chi connectivity index (χ3v) is 5.88. The second kappa shape index (κ2) is 7.11. The first kappa shape index (κ1) is 19.3. The molecule has 0 aliphatic rings. The number of aryl methyl sites for hydroxylation is 3. The average molecular weight is 387 g/mol. The van der Waals surface area contributed by atoms with Gasteiger partial charge in [0.15, 0.2) is 7.05 Å². The van der Waals surface area contributed by atoms with Crippen LogP contribution in [-0.4, -0.2) is 9.67 Å². The van der Waals surface area contributed by atoms with Crippen molar-refractivity contribution in [2.24, 2.45) is 7.05 Å². The highest BCUT2D eigenvalue weighted by Gasteiger charge is 2.30. The molecule has 2 heterocycles. The van der Waals surface area contributed by atoms with Crippen LogP contribution in [0.15, 0.2) is 48.8 Å². The van der Waals surface area contributed by atoms with Gasteiger partial charge in [0.1, 0.15) is 23.6 Å². The fraction of sp³-hybridized carbons (Fsp3) is 0.320. The summed E-state index contributed by atoms with van der Waals surface area (Å²) in [7, 11) is 2.18. The molecule has 0 atom stereocenters. The number of para-hydroxylation sites is 1. The monoisotopic (exact) mass is 386 g/mol. The van der Waals surface area contributed by atoms with Gasteiger partial charge in [-0.15, -0.1) is 4.68 Å². The molecule has 148 valence electrons. The highest BCUT2D eigenvalue weighted by molar-refractivity contribution is 5.93. The molecule has 0 fully saturated rings. The van der Waals surface area contributed by atoms with Gasteiger partial charge in [-0.25, -0.2) is 0 Å². The Bertz CT molecular complexity index is 1230. The largest absolute Gasteiger partial charge is 0.300 e. The van der Waals surface area contributed by atoms with Gasteiger partial charge in [0.25, 0.3) is 5.82 Å². The number of rotatable bonds is 3. The van der Waals surface area contributed by atoms with Crippen molar-refractivity contribution in [3.63, 3.8) is 0 Å². The minimum absolute atomic E-state index is 0.374. The van der Waals surface area contributed by atoms with Gasteiger partial charge in [0.2, 0.25) is 5.69 Å². The second-order valence-electron chi connectivity index (χ2n) is 8.22. The lowest BCUT2D eigenvalue weighted by Gasteiger charge is -2.14. The van der Waals surface area contributed by atoms with Crippen molar-refractivity contribution in [3.8, 4) is 16.9 Å². The van der Waals surface area contributed by atoms with Crippen LogP contribution >= 0.6 is 0 Å². The van der Waals surface area contributed by atoms with E-state index in [9.17, 15) is 0 Å². The van der Waals surface area contributed by atoms with E-state index in [2.05, 4.69) is 104 Å². The van der Waals surface area contributed by atoms with Crippen LogP contribution in [0.4, 0.5) is 0 Å². The lowest BCUT2D eigenvalue weighted by Crippen LogP contribution is -2.42. The Balaban J connectivity index is 2.12. The molecule has 4 aromatic rings. The van der Waals surface area contributed by atoms with Crippen LogP contribution in [0.25, 0.3) is 27.8 Å². The Labute approximate surface area is 173 Å². The molecular weight excluding hydrogens is 356 g/mol. The fourth-order valence-electron chi connectivity index (χ4n) is 4.83. The first-order valence-corrected chi connectivity index (χ1v) is 10.3. The normalized spacial score (nSPS) is 11.6. The number of fused-ring (bicyclic) bond motifs is 1. The summed E-state index contributed by atoms with van der Waals surface area (Å²) in [6.07, 6.45) is 3.95. The number of hydrogen-bond acceptors (Lipinski definition) is 1. The van der Waals surface area contributed by atoms with Crippen molar-refractivity contribution in [2.45, 2.75) is 47.6 Å². The summed E-state index contributed by atoms with van der Waals surface area (Å²) in [5.74, 6) is 0.988. The summed E-state index contributed by atoms with van der Waals surface area (Å²) in [5, 5.41) is 1.29. The van der Waals surface area contributed by atoms with E-state index >= 15 is 0 Å². The minimum Gasteiger partial charge on any atom is -0.200 e. The van der Waals surface area contributed by atoms with Crippen molar-refractivity contribution in [3.05, 3.63) is 71.3 Å². The molecular formula is C25H30N4+2. The average Bonchev–Trinajstić information content (AvgIpc) is 2.95. The van der Waals surface area contributed by atoms with Gasteiger partial charge in [-0.3, -0.25) is 0 Å². The van der Waals surface area contributed by atoms with Crippen LogP contribution < -0.4 is 9.25 Å². The van der Waals surface area contributed by atoms with Gasteiger partial charge in [-0.2, -0.15) is 9.25 Å². The van der Waals surface area contributed by atoms with Gasteiger partial charge >= 0.3 is 0 Å². The Morgan fingerprint density at radius 2 is 1.69 bits per heavy atom. The maximum atomic E-state index is 4.51. The highest BCUT2D eigenvalue weighted by atomic mass is 15.4. The first-order valence-electron chi connectivity index (χ1n) is 10.3. The van der Waals surface area contributed by atoms with Gasteiger partial charge in [0, 0.05) is 18.6 Å². The summed E-state index contributed by atoms with van der Waals surface area (Å²) in [6.45, 7) is 13.2. The first-order chi connectivity index (χ1) is 13.8. The standard InChI is InChI=1S/C25H30N4/c1-16(2)29-22-12-9-8-11-21(22)25(27(29)7)23-17(3)15-18(4)24(19(23)5)28-14-10-13-26-20(28)6/h8-16H,1-7H3/q+2. The third-order valence-electron chi connectivity index (χ3n) is 5.88. The van der Waals surface area contributed by atoms with Crippen LogP contribution in [0.5, 0.6) is 0 Å². The Morgan fingerprint density at radius 3 is 2.38 bits per heavy atom. The number of aromatic nitrogens is 4. The van der Waals surface area contributed by atoms with E-state index in [0.29, 0.717) is 6.04 Å². The molecule has 29 heavy (non-hydrogen) atoms. The highest BCUT2D eigenvalue weighted by Crippen LogP contribution is 2.35. The zero-order chi connectivity index (χ0) is 20.9. The van der Waals surface area contributed by atoms with Gasteiger partial charge in [0.05, 0.1) is 17.0 Å².